The number of benzene rings is 1. The minimum atomic E-state index is -0.466. The molecule has 0 spiro atoms. The lowest BCUT2D eigenvalue weighted by Crippen LogP contribution is -2.60. The maximum Gasteiger partial charge on any atom is 0.205 e. The van der Waals surface area contributed by atoms with E-state index in [2.05, 4.69) is 27.4 Å². The summed E-state index contributed by atoms with van der Waals surface area (Å²) in [6.45, 7) is 5.32. The van der Waals surface area contributed by atoms with Crippen LogP contribution in [0.1, 0.15) is 58.3 Å². The fourth-order valence-corrected chi connectivity index (χ4v) is 5.10. The van der Waals surface area contributed by atoms with Crippen LogP contribution in [0.4, 0.5) is 5.69 Å². The zero-order valence-corrected chi connectivity index (χ0v) is 19.3. The van der Waals surface area contributed by atoms with Gasteiger partial charge < -0.3 is 10.2 Å². The predicted molar refractivity (Wildman–Crippen MR) is 130 cm³/mol. The van der Waals surface area contributed by atoms with Gasteiger partial charge in [0.2, 0.25) is 11.9 Å². The van der Waals surface area contributed by atoms with Gasteiger partial charge >= 0.3 is 0 Å². The molecule has 1 aromatic rings. The summed E-state index contributed by atoms with van der Waals surface area (Å²) in [5, 5.41) is 7.45. The van der Waals surface area contributed by atoms with Crippen LogP contribution in [0.25, 0.3) is 0 Å². The first kappa shape index (κ1) is 22.4. The minimum Gasteiger partial charge on any atom is -0.326 e. The van der Waals surface area contributed by atoms with Gasteiger partial charge in [0.1, 0.15) is 0 Å². The van der Waals surface area contributed by atoms with Crippen molar-refractivity contribution in [2.24, 2.45) is 15.7 Å². The van der Waals surface area contributed by atoms with E-state index in [0.717, 1.165) is 44.1 Å². The Morgan fingerprint density at radius 3 is 2.74 bits per heavy atom. The fourth-order valence-electron chi connectivity index (χ4n) is 4.91. The molecular formula is C23H36ClN7. The number of likely N-dealkylation sites (N-methyl/N-ethyl adjacent to an activating group) is 1. The van der Waals surface area contributed by atoms with E-state index >= 15 is 0 Å². The monoisotopic (exact) mass is 445 g/mol. The molecule has 1 aromatic carbocycles. The summed E-state index contributed by atoms with van der Waals surface area (Å²) in [7, 11) is 0. The number of guanidine groups is 2. The topological polar surface area (TPSA) is 81.3 Å². The van der Waals surface area contributed by atoms with Gasteiger partial charge in [-0.15, -0.1) is 0 Å². The van der Waals surface area contributed by atoms with Crippen molar-refractivity contribution in [3.05, 3.63) is 29.3 Å². The Hall–Kier alpha value is -1.83. The molecule has 2 aliphatic heterocycles. The van der Waals surface area contributed by atoms with Crippen LogP contribution in [0, 0.1) is 0 Å². The minimum absolute atomic E-state index is 0.344. The largest absolute Gasteiger partial charge is 0.326 e. The molecule has 1 saturated carbocycles. The molecule has 2 unspecified atom stereocenters. The van der Waals surface area contributed by atoms with Gasteiger partial charge in [-0.05, 0) is 57.0 Å². The van der Waals surface area contributed by atoms with Crippen LogP contribution in [0.3, 0.4) is 0 Å². The summed E-state index contributed by atoms with van der Waals surface area (Å²) in [6.07, 6.45) is 9.40. The average Bonchev–Trinajstić information content (AvgIpc) is 3.04. The summed E-state index contributed by atoms with van der Waals surface area (Å²) in [5.41, 5.74) is 7.45. The lowest BCUT2D eigenvalue weighted by atomic mass is 10.1. The quantitative estimate of drug-likeness (QED) is 0.600. The molecule has 2 fully saturated rings. The fraction of sp³-hybridized carbons (Fsp3) is 0.652. The van der Waals surface area contributed by atoms with Crippen LogP contribution in [0.2, 0.25) is 5.02 Å². The third kappa shape index (κ3) is 5.90. The van der Waals surface area contributed by atoms with E-state index < -0.39 is 6.29 Å². The molecule has 8 heteroatoms. The average molecular weight is 446 g/mol. The van der Waals surface area contributed by atoms with Crippen molar-refractivity contribution in [3.8, 4) is 0 Å². The second-order valence-corrected chi connectivity index (χ2v) is 9.26. The van der Waals surface area contributed by atoms with Crippen LogP contribution in [-0.4, -0.2) is 59.7 Å². The maximum atomic E-state index is 6.58. The number of nitrogens with one attached hydrogen (secondary N) is 2. The molecule has 0 aromatic heterocycles. The van der Waals surface area contributed by atoms with Crippen LogP contribution in [0.5, 0.6) is 0 Å². The second-order valence-electron chi connectivity index (χ2n) is 8.83. The van der Waals surface area contributed by atoms with E-state index in [9.17, 15) is 0 Å². The molecule has 0 bridgehead atoms. The highest BCUT2D eigenvalue weighted by Crippen LogP contribution is 2.23. The van der Waals surface area contributed by atoms with Crippen molar-refractivity contribution in [1.29, 1.82) is 0 Å². The van der Waals surface area contributed by atoms with Gasteiger partial charge in [-0.3, -0.25) is 16.0 Å². The van der Waals surface area contributed by atoms with Gasteiger partial charge in [0.05, 0.1) is 6.04 Å². The highest BCUT2D eigenvalue weighted by molar-refractivity contribution is 6.30. The van der Waals surface area contributed by atoms with Gasteiger partial charge in [-0.25, -0.2) is 9.98 Å². The Morgan fingerprint density at radius 1 is 1.19 bits per heavy atom. The van der Waals surface area contributed by atoms with E-state index in [0.29, 0.717) is 23.1 Å². The van der Waals surface area contributed by atoms with Gasteiger partial charge in [-0.2, -0.15) is 0 Å². The van der Waals surface area contributed by atoms with Crippen LogP contribution < -0.4 is 16.4 Å². The number of likely N-dealkylation sites (tertiary alicyclic amines) is 1. The summed E-state index contributed by atoms with van der Waals surface area (Å²) < 4.78 is 0. The SMILES string of the molecule is CCN1CCCC1CN1C(=NC2CCCCCC2)NC(Nc2cccc(Cl)c2)=NC1N. The lowest BCUT2D eigenvalue weighted by molar-refractivity contribution is 0.195. The Labute approximate surface area is 191 Å². The zero-order valence-electron chi connectivity index (χ0n) is 18.6. The van der Waals surface area contributed by atoms with Crippen molar-refractivity contribution in [2.45, 2.75) is 76.7 Å². The number of nitrogens with two attached hydrogens (primary N) is 1. The van der Waals surface area contributed by atoms with E-state index in [1.807, 2.05) is 24.3 Å². The number of hydrogen-bond donors (Lipinski definition) is 3. The first-order chi connectivity index (χ1) is 15.1. The smallest absolute Gasteiger partial charge is 0.205 e. The van der Waals surface area contributed by atoms with E-state index in [-0.39, 0.29) is 0 Å². The van der Waals surface area contributed by atoms with E-state index in [1.54, 1.807) is 0 Å². The molecule has 0 radical (unpaired) electrons. The zero-order chi connectivity index (χ0) is 21.6. The molecule has 1 saturated heterocycles. The van der Waals surface area contributed by atoms with E-state index in [4.69, 9.17) is 27.3 Å². The van der Waals surface area contributed by atoms with Crippen LogP contribution >= 0.6 is 11.6 Å². The van der Waals surface area contributed by atoms with Gasteiger partial charge in [0.15, 0.2) is 6.29 Å². The van der Waals surface area contributed by atoms with Gasteiger partial charge in [0.25, 0.3) is 0 Å². The molecule has 3 aliphatic rings. The molecular weight excluding hydrogens is 410 g/mol. The first-order valence-electron chi connectivity index (χ1n) is 11.8. The summed E-state index contributed by atoms with van der Waals surface area (Å²) >= 11 is 6.15. The van der Waals surface area contributed by atoms with Crippen molar-refractivity contribution >= 4 is 29.2 Å². The number of nitrogens with zero attached hydrogens (tertiary/aromatic N) is 4. The third-order valence-electron chi connectivity index (χ3n) is 6.61. The number of halogens is 1. The maximum absolute atomic E-state index is 6.58. The molecule has 31 heavy (non-hydrogen) atoms. The van der Waals surface area contributed by atoms with Crippen molar-refractivity contribution in [2.75, 3.05) is 25.0 Å². The Balaban J connectivity index is 1.55. The third-order valence-corrected chi connectivity index (χ3v) is 6.85. The van der Waals surface area contributed by atoms with Gasteiger partial charge in [-0.1, -0.05) is 50.3 Å². The standard InChI is InChI=1S/C23H36ClN7/c1-2-30-14-8-13-20(30)16-31-21(25)28-22(26-19-12-7-9-17(24)15-19)29-23(31)27-18-10-5-3-4-6-11-18/h7,9,12,15,18,20-21H,2-6,8,10-11,13-14,16,25H2,1H3,(H2,26,27,28,29). The molecule has 4 N–H and O–H groups in total. The molecule has 170 valence electrons. The summed E-state index contributed by atoms with van der Waals surface area (Å²) in [6, 6.07) is 8.46. The molecule has 1 aliphatic carbocycles. The molecule has 0 amide bonds. The first-order valence-corrected chi connectivity index (χ1v) is 12.2. The molecule has 2 atom stereocenters. The van der Waals surface area contributed by atoms with Crippen LogP contribution in [-0.2, 0) is 0 Å². The highest BCUT2D eigenvalue weighted by atomic mass is 35.5. The predicted octanol–water partition coefficient (Wildman–Crippen LogP) is 3.82. The van der Waals surface area contributed by atoms with E-state index in [1.165, 1.54) is 38.5 Å². The van der Waals surface area contributed by atoms with Crippen molar-refractivity contribution < 1.29 is 0 Å². The summed E-state index contributed by atoms with van der Waals surface area (Å²) in [4.78, 5) is 14.6. The normalized spacial score (nSPS) is 27.1. The van der Waals surface area contributed by atoms with Gasteiger partial charge in [0, 0.05) is 23.3 Å². The number of rotatable bonds is 5. The molecule has 2 heterocycles. The van der Waals surface area contributed by atoms with Crippen molar-refractivity contribution in [3.63, 3.8) is 0 Å². The second kappa shape index (κ2) is 10.7. The number of aliphatic imine (C=N–C) groups is 2. The van der Waals surface area contributed by atoms with Crippen LogP contribution in [0.15, 0.2) is 34.3 Å². The number of anilines is 1. The Kier molecular flexibility index (Phi) is 7.69. The number of hydrogen-bond acceptors (Lipinski definition) is 5. The molecule has 4 rings (SSSR count). The lowest BCUT2D eigenvalue weighted by Gasteiger charge is -2.38. The highest BCUT2D eigenvalue weighted by Gasteiger charge is 2.32. The Morgan fingerprint density at radius 2 is 2.00 bits per heavy atom. The molecule has 7 nitrogen and oxygen atoms in total. The Bertz CT molecular complexity index is 788. The van der Waals surface area contributed by atoms with Crippen molar-refractivity contribution in [1.82, 2.24) is 15.1 Å². The summed E-state index contributed by atoms with van der Waals surface area (Å²) in [5.74, 6) is 1.47.